The Morgan fingerprint density at radius 1 is 1.80 bits per heavy atom. The second-order valence-electron chi connectivity index (χ2n) is 2.42. The maximum Gasteiger partial charge on any atom is 0.124 e. The van der Waals surface area contributed by atoms with Gasteiger partial charge in [0.15, 0.2) is 0 Å². The van der Waals surface area contributed by atoms with Crippen LogP contribution in [0.5, 0.6) is 0 Å². The minimum atomic E-state index is 0.291. The van der Waals surface area contributed by atoms with E-state index in [0.717, 1.165) is 25.2 Å². The summed E-state index contributed by atoms with van der Waals surface area (Å²) in [6.07, 6.45) is 2.30. The van der Waals surface area contributed by atoms with Gasteiger partial charge in [-0.05, 0) is 24.2 Å². The monoisotopic (exact) mass is 158 g/mol. The van der Waals surface area contributed by atoms with Gasteiger partial charge < -0.3 is 4.74 Å². The molecule has 1 saturated heterocycles. The second kappa shape index (κ2) is 4.04. The molecule has 0 spiro atoms. The van der Waals surface area contributed by atoms with E-state index in [1.807, 2.05) is 11.8 Å². The Hall–Kier alpha value is 0.0500. The lowest BCUT2D eigenvalue weighted by atomic mass is 10.1. The van der Waals surface area contributed by atoms with Gasteiger partial charge in [-0.2, -0.15) is 0 Å². The Kier molecular flexibility index (Phi) is 3.29. The molecule has 0 amide bonds. The lowest BCUT2D eigenvalue weighted by Gasteiger charge is -2.23. The number of ether oxygens (including phenoxy) is 1. The molecule has 1 aliphatic rings. The first-order valence-corrected chi connectivity index (χ1v) is 4.80. The average Bonchev–Trinajstić information content (AvgIpc) is 1.94. The summed E-state index contributed by atoms with van der Waals surface area (Å²) < 4.78 is 5.49. The average molecular weight is 158 g/mol. The highest BCUT2D eigenvalue weighted by Gasteiger charge is 2.16. The van der Waals surface area contributed by atoms with Gasteiger partial charge in [-0.15, -0.1) is 11.8 Å². The molecule has 58 valence electrons. The van der Waals surface area contributed by atoms with Crippen molar-refractivity contribution in [3.05, 3.63) is 12.2 Å². The first-order chi connectivity index (χ1) is 4.84. The number of rotatable bonds is 2. The minimum Gasteiger partial charge on any atom is -0.363 e. The molecule has 1 fully saturated rings. The molecule has 1 nitrogen and oxygen atoms in total. The Morgan fingerprint density at radius 2 is 2.60 bits per heavy atom. The number of thioether (sulfide) groups is 1. The standard InChI is InChI=1S/C8H14OS/c1-3-10-8-7(2)5-4-6-9-8/h8H,2-6H2,1H3. The lowest BCUT2D eigenvalue weighted by molar-refractivity contribution is 0.108. The van der Waals surface area contributed by atoms with Crippen LogP contribution in [0, 0.1) is 0 Å². The minimum absolute atomic E-state index is 0.291. The van der Waals surface area contributed by atoms with Crippen LogP contribution in [0.15, 0.2) is 12.2 Å². The Bertz CT molecular complexity index is 120. The largest absolute Gasteiger partial charge is 0.363 e. The van der Waals surface area contributed by atoms with Crippen molar-refractivity contribution in [2.75, 3.05) is 12.4 Å². The van der Waals surface area contributed by atoms with Crippen molar-refractivity contribution in [1.29, 1.82) is 0 Å². The summed E-state index contributed by atoms with van der Waals surface area (Å²) in [5.41, 5.74) is 1.55. The second-order valence-corrected chi connectivity index (χ2v) is 3.76. The Morgan fingerprint density at radius 3 is 3.20 bits per heavy atom. The smallest absolute Gasteiger partial charge is 0.124 e. The van der Waals surface area contributed by atoms with Crippen LogP contribution in [0.4, 0.5) is 0 Å². The molecule has 0 aromatic carbocycles. The summed E-state index contributed by atoms with van der Waals surface area (Å²) in [7, 11) is 0. The van der Waals surface area contributed by atoms with Crippen LogP contribution in [0.3, 0.4) is 0 Å². The van der Waals surface area contributed by atoms with E-state index in [9.17, 15) is 0 Å². The Balaban J connectivity index is 2.32. The fraction of sp³-hybridized carbons (Fsp3) is 0.750. The zero-order chi connectivity index (χ0) is 7.40. The SMILES string of the molecule is C=C1CCCOC1SCC. The highest BCUT2D eigenvalue weighted by atomic mass is 32.2. The molecule has 2 heteroatoms. The van der Waals surface area contributed by atoms with Gasteiger partial charge in [0.2, 0.25) is 0 Å². The molecular weight excluding hydrogens is 144 g/mol. The fourth-order valence-corrected chi connectivity index (χ4v) is 1.89. The lowest BCUT2D eigenvalue weighted by Crippen LogP contribution is -2.18. The summed E-state index contributed by atoms with van der Waals surface area (Å²) in [4.78, 5) is 0. The molecule has 0 radical (unpaired) electrons. The van der Waals surface area contributed by atoms with Crippen molar-refractivity contribution >= 4 is 11.8 Å². The molecule has 1 unspecified atom stereocenters. The third-order valence-electron chi connectivity index (χ3n) is 1.56. The van der Waals surface area contributed by atoms with Gasteiger partial charge in [0.05, 0.1) is 0 Å². The molecule has 0 aromatic heterocycles. The van der Waals surface area contributed by atoms with Gasteiger partial charge in [-0.25, -0.2) is 0 Å². The molecule has 10 heavy (non-hydrogen) atoms. The number of hydrogen-bond acceptors (Lipinski definition) is 2. The topological polar surface area (TPSA) is 9.23 Å². The molecule has 0 bridgehead atoms. The van der Waals surface area contributed by atoms with E-state index >= 15 is 0 Å². The van der Waals surface area contributed by atoms with Crippen molar-refractivity contribution in [2.45, 2.75) is 25.2 Å². The maximum absolute atomic E-state index is 5.49. The van der Waals surface area contributed by atoms with Crippen LogP contribution in [-0.2, 0) is 4.74 Å². The zero-order valence-corrected chi connectivity index (χ0v) is 7.25. The van der Waals surface area contributed by atoms with Crippen molar-refractivity contribution in [3.63, 3.8) is 0 Å². The number of hydrogen-bond donors (Lipinski definition) is 0. The fourth-order valence-electron chi connectivity index (χ4n) is 1.04. The van der Waals surface area contributed by atoms with Gasteiger partial charge in [0.1, 0.15) is 5.44 Å². The summed E-state index contributed by atoms with van der Waals surface area (Å²) >= 11 is 1.84. The first kappa shape index (κ1) is 8.15. The predicted octanol–water partition coefficient (Wildman–Crippen LogP) is 2.43. The molecule has 0 saturated carbocycles. The van der Waals surface area contributed by atoms with Gasteiger partial charge in [0.25, 0.3) is 0 Å². The van der Waals surface area contributed by atoms with E-state index in [-0.39, 0.29) is 0 Å². The third kappa shape index (κ3) is 2.03. The van der Waals surface area contributed by atoms with Crippen molar-refractivity contribution in [3.8, 4) is 0 Å². The van der Waals surface area contributed by atoms with Crippen molar-refractivity contribution < 1.29 is 4.74 Å². The highest BCUT2D eigenvalue weighted by Crippen LogP contribution is 2.26. The van der Waals surface area contributed by atoms with E-state index in [4.69, 9.17) is 4.74 Å². The maximum atomic E-state index is 5.49. The van der Waals surface area contributed by atoms with E-state index in [1.165, 1.54) is 5.57 Å². The molecule has 1 aliphatic heterocycles. The molecular formula is C8H14OS. The van der Waals surface area contributed by atoms with E-state index in [2.05, 4.69) is 13.5 Å². The Labute approximate surface area is 66.8 Å². The normalized spacial score (nSPS) is 26.9. The quantitative estimate of drug-likeness (QED) is 0.571. The van der Waals surface area contributed by atoms with E-state index in [0.29, 0.717) is 5.44 Å². The van der Waals surface area contributed by atoms with E-state index in [1.54, 1.807) is 0 Å². The molecule has 1 rings (SSSR count). The van der Waals surface area contributed by atoms with Crippen molar-refractivity contribution in [1.82, 2.24) is 0 Å². The van der Waals surface area contributed by atoms with Crippen LogP contribution in [0.1, 0.15) is 19.8 Å². The first-order valence-electron chi connectivity index (χ1n) is 3.75. The van der Waals surface area contributed by atoms with Crippen LogP contribution in [-0.4, -0.2) is 17.8 Å². The molecule has 0 aliphatic carbocycles. The summed E-state index contributed by atoms with van der Waals surface area (Å²) in [6.45, 7) is 7.03. The summed E-state index contributed by atoms with van der Waals surface area (Å²) in [6, 6.07) is 0. The summed E-state index contributed by atoms with van der Waals surface area (Å²) in [5, 5.41) is 0. The van der Waals surface area contributed by atoms with Gasteiger partial charge >= 0.3 is 0 Å². The van der Waals surface area contributed by atoms with Crippen LogP contribution < -0.4 is 0 Å². The van der Waals surface area contributed by atoms with Gasteiger partial charge in [-0.3, -0.25) is 0 Å². The summed E-state index contributed by atoms with van der Waals surface area (Å²) in [5.74, 6) is 1.11. The zero-order valence-electron chi connectivity index (χ0n) is 6.43. The molecule has 0 N–H and O–H groups in total. The van der Waals surface area contributed by atoms with Crippen LogP contribution >= 0.6 is 11.8 Å². The third-order valence-corrected chi connectivity index (χ3v) is 2.67. The van der Waals surface area contributed by atoms with E-state index < -0.39 is 0 Å². The molecule has 0 aromatic rings. The van der Waals surface area contributed by atoms with Gasteiger partial charge in [0, 0.05) is 6.61 Å². The van der Waals surface area contributed by atoms with Crippen LogP contribution in [0.2, 0.25) is 0 Å². The predicted molar refractivity (Wildman–Crippen MR) is 46.2 cm³/mol. The molecule has 1 heterocycles. The highest BCUT2D eigenvalue weighted by molar-refractivity contribution is 7.99. The molecule has 1 atom stereocenters. The van der Waals surface area contributed by atoms with Crippen LogP contribution in [0.25, 0.3) is 0 Å². The van der Waals surface area contributed by atoms with Gasteiger partial charge in [-0.1, -0.05) is 13.5 Å². The van der Waals surface area contributed by atoms with Crippen molar-refractivity contribution in [2.24, 2.45) is 0 Å².